The quantitative estimate of drug-likeness (QED) is 0.752. The van der Waals surface area contributed by atoms with Crippen LogP contribution in [0.5, 0.6) is 0 Å². The zero-order valence-electron chi connectivity index (χ0n) is 16.1. The van der Waals surface area contributed by atoms with Crippen molar-refractivity contribution in [1.29, 1.82) is 0 Å². The number of benzene rings is 3. The fraction of sp³-hybridized carbons (Fsp3) is 0.200. The first-order valence-corrected chi connectivity index (χ1v) is 9.62. The van der Waals surface area contributed by atoms with E-state index in [1.165, 1.54) is 38.4 Å². The second-order valence-electron chi connectivity index (χ2n) is 7.22. The third-order valence-corrected chi connectivity index (χ3v) is 5.27. The van der Waals surface area contributed by atoms with Gasteiger partial charge in [0, 0.05) is 31.5 Å². The largest absolute Gasteiger partial charge is 0.383 e. The zero-order chi connectivity index (χ0) is 18.6. The fourth-order valence-corrected chi connectivity index (χ4v) is 3.86. The van der Waals surface area contributed by atoms with Gasteiger partial charge in [0.25, 0.3) is 0 Å². The average Bonchev–Trinajstić information content (AvgIpc) is 2.70. The van der Waals surface area contributed by atoms with Crippen LogP contribution in [0.3, 0.4) is 0 Å². The Morgan fingerprint density at radius 1 is 0.815 bits per heavy atom. The van der Waals surface area contributed by atoms with E-state index < -0.39 is 0 Å². The lowest BCUT2D eigenvalue weighted by Crippen LogP contribution is -2.40. The summed E-state index contributed by atoms with van der Waals surface area (Å²) in [6.45, 7) is 7.17. The summed E-state index contributed by atoms with van der Waals surface area (Å²) in [5, 5.41) is 6.29. The molecule has 1 aliphatic rings. The van der Waals surface area contributed by atoms with Crippen molar-refractivity contribution in [3.05, 3.63) is 99.9 Å². The maximum absolute atomic E-state index is 3.64. The minimum Gasteiger partial charge on any atom is -0.383 e. The normalized spacial score (nSPS) is 13.1. The van der Waals surface area contributed by atoms with Crippen molar-refractivity contribution < 1.29 is 0 Å². The smallest absolute Gasteiger partial charge is 0.0437 e. The van der Waals surface area contributed by atoms with E-state index >= 15 is 0 Å². The van der Waals surface area contributed by atoms with E-state index in [0.29, 0.717) is 0 Å². The molecule has 3 aromatic rings. The van der Waals surface area contributed by atoms with Crippen LogP contribution in [0.4, 0.5) is 5.69 Å². The molecule has 27 heavy (non-hydrogen) atoms. The molecule has 3 aromatic carbocycles. The predicted molar refractivity (Wildman–Crippen MR) is 115 cm³/mol. The van der Waals surface area contributed by atoms with Crippen LogP contribution in [0.1, 0.15) is 16.7 Å². The highest BCUT2D eigenvalue weighted by molar-refractivity contribution is 5.69. The topological polar surface area (TPSA) is 15.3 Å². The standard InChI is InChI=1S/C25H26N2/c1-19-9-8-10-20(2)25(19)26-15-16-27-17-22-13-6-7-14-23(22)24(18-27)21-11-4-3-5-12-21/h3-14,17,26H,15-16,18H2,1-2H3. The molecule has 2 heteroatoms. The number of anilines is 1. The molecular weight excluding hydrogens is 328 g/mol. The number of nitrogens with one attached hydrogen (secondary N) is 1. The van der Waals surface area contributed by atoms with Gasteiger partial charge in [-0.1, -0.05) is 72.8 Å². The van der Waals surface area contributed by atoms with Crippen molar-refractivity contribution in [1.82, 2.24) is 4.90 Å². The average molecular weight is 354 g/mol. The third kappa shape index (κ3) is 3.75. The van der Waals surface area contributed by atoms with Crippen molar-refractivity contribution in [3.8, 4) is 0 Å². The maximum atomic E-state index is 3.64. The number of rotatable bonds is 5. The second-order valence-corrected chi connectivity index (χ2v) is 7.22. The maximum Gasteiger partial charge on any atom is 0.0437 e. The van der Waals surface area contributed by atoms with Crippen LogP contribution in [-0.2, 0) is 0 Å². The van der Waals surface area contributed by atoms with E-state index in [0.717, 1.165) is 19.6 Å². The SMILES string of the molecule is Cc1cccc(C)c1NCCN1C=c2ccccc2=C(c2ccccc2)C1. The first-order chi connectivity index (χ1) is 13.2. The minimum absolute atomic E-state index is 0.923. The van der Waals surface area contributed by atoms with E-state index in [1.807, 2.05) is 0 Å². The Kier molecular flexibility index (Phi) is 4.97. The van der Waals surface area contributed by atoms with Gasteiger partial charge in [-0.2, -0.15) is 0 Å². The van der Waals surface area contributed by atoms with Gasteiger partial charge in [-0.15, -0.1) is 0 Å². The molecule has 136 valence electrons. The number of nitrogens with zero attached hydrogens (tertiary/aromatic N) is 1. The van der Waals surface area contributed by atoms with Gasteiger partial charge < -0.3 is 10.2 Å². The highest BCUT2D eigenvalue weighted by Gasteiger charge is 2.12. The van der Waals surface area contributed by atoms with Crippen LogP contribution < -0.4 is 15.8 Å². The number of fused-ring (bicyclic) bond motifs is 1. The summed E-state index contributed by atoms with van der Waals surface area (Å²) in [5.74, 6) is 0. The van der Waals surface area contributed by atoms with E-state index in [9.17, 15) is 0 Å². The number of para-hydroxylation sites is 1. The van der Waals surface area contributed by atoms with Crippen molar-refractivity contribution in [2.24, 2.45) is 0 Å². The molecule has 0 atom stereocenters. The monoisotopic (exact) mass is 354 g/mol. The summed E-state index contributed by atoms with van der Waals surface area (Å²) in [6, 6.07) is 25.9. The van der Waals surface area contributed by atoms with E-state index in [2.05, 4.69) is 103 Å². The van der Waals surface area contributed by atoms with E-state index in [-0.39, 0.29) is 0 Å². The second kappa shape index (κ2) is 7.71. The van der Waals surface area contributed by atoms with Gasteiger partial charge in [0.15, 0.2) is 0 Å². The molecule has 4 rings (SSSR count). The van der Waals surface area contributed by atoms with Gasteiger partial charge in [-0.05, 0) is 46.5 Å². The Labute approximate surface area is 161 Å². The summed E-state index contributed by atoms with van der Waals surface area (Å²) < 4.78 is 0. The summed E-state index contributed by atoms with van der Waals surface area (Å²) >= 11 is 0. The van der Waals surface area contributed by atoms with E-state index in [4.69, 9.17) is 0 Å². The number of aryl methyl sites for hydroxylation is 2. The van der Waals surface area contributed by atoms with Crippen LogP contribution in [0, 0.1) is 13.8 Å². The third-order valence-electron chi connectivity index (χ3n) is 5.27. The fourth-order valence-electron chi connectivity index (χ4n) is 3.86. The number of hydrogen-bond acceptors (Lipinski definition) is 2. The molecule has 0 fully saturated rings. The van der Waals surface area contributed by atoms with Crippen molar-refractivity contribution >= 4 is 17.5 Å². The molecule has 0 saturated heterocycles. The Morgan fingerprint density at radius 2 is 1.52 bits per heavy atom. The zero-order valence-corrected chi connectivity index (χ0v) is 16.1. The summed E-state index contributed by atoms with van der Waals surface area (Å²) in [4.78, 5) is 2.42. The minimum atomic E-state index is 0.923. The Balaban J connectivity index is 1.56. The predicted octanol–water partition coefficient (Wildman–Crippen LogP) is 3.67. The summed E-state index contributed by atoms with van der Waals surface area (Å²) in [6.07, 6.45) is 2.30. The Morgan fingerprint density at radius 3 is 2.30 bits per heavy atom. The van der Waals surface area contributed by atoms with Crippen LogP contribution in [-0.4, -0.2) is 24.5 Å². The van der Waals surface area contributed by atoms with Crippen LogP contribution in [0.2, 0.25) is 0 Å². The van der Waals surface area contributed by atoms with Crippen molar-refractivity contribution in [3.63, 3.8) is 0 Å². The molecule has 0 saturated carbocycles. The highest BCUT2D eigenvalue weighted by atomic mass is 15.1. The van der Waals surface area contributed by atoms with Crippen LogP contribution in [0.15, 0.2) is 72.8 Å². The molecule has 0 unspecified atom stereocenters. The van der Waals surface area contributed by atoms with Gasteiger partial charge in [-0.3, -0.25) is 0 Å². The molecular formula is C25H26N2. The molecule has 0 amide bonds. The highest BCUT2D eigenvalue weighted by Crippen LogP contribution is 2.19. The lowest BCUT2D eigenvalue weighted by Gasteiger charge is -2.26. The number of hydrogen-bond donors (Lipinski definition) is 1. The van der Waals surface area contributed by atoms with Gasteiger partial charge in [0.05, 0.1) is 0 Å². The lowest BCUT2D eigenvalue weighted by atomic mass is 9.99. The van der Waals surface area contributed by atoms with Crippen molar-refractivity contribution in [2.45, 2.75) is 13.8 Å². The van der Waals surface area contributed by atoms with Gasteiger partial charge >= 0.3 is 0 Å². The molecule has 1 N–H and O–H groups in total. The van der Waals surface area contributed by atoms with Gasteiger partial charge in [0.2, 0.25) is 0 Å². The summed E-state index contributed by atoms with van der Waals surface area (Å²) in [7, 11) is 0. The van der Waals surface area contributed by atoms with E-state index in [1.54, 1.807) is 0 Å². The van der Waals surface area contributed by atoms with Crippen LogP contribution >= 0.6 is 0 Å². The molecule has 1 heterocycles. The van der Waals surface area contributed by atoms with Gasteiger partial charge in [-0.25, -0.2) is 0 Å². The first-order valence-electron chi connectivity index (χ1n) is 9.62. The molecule has 0 aliphatic carbocycles. The molecule has 1 aliphatic heterocycles. The van der Waals surface area contributed by atoms with Gasteiger partial charge in [0.1, 0.15) is 0 Å². The molecule has 2 nitrogen and oxygen atoms in total. The lowest BCUT2D eigenvalue weighted by molar-refractivity contribution is 0.471. The molecule has 0 bridgehead atoms. The molecule has 0 aromatic heterocycles. The van der Waals surface area contributed by atoms with Crippen molar-refractivity contribution in [2.75, 3.05) is 25.0 Å². The first kappa shape index (κ1) is 17.4. The molecule has 0 spiro atoms. The summed E-state index contributed by atoms with van der Waals surface area (Å²) in [5.41, 5.74) is 6.59. The van der Waals surface area contributed by atoms with Crippen LogP contribution in [0.25, 0.3) is 11.8 Å². The molecule has 0 radical (unpaired) electrons. The Bertz CT molecular complexity index is 1030. The Hall–Kier alpha value is -3.00.